The number of imide groups is 2. The Morgan fingerprint density at radius 3 is 2.17 bits per heavy atom. The number of amides is 4. The maximum Gasteiger partial charge on any atom is 0.335 e. The molecule has 0 atom stereocenters. The summed E-state index contributed by atoms with van der Waals surface area (Å²) in [6.45, 7) is 3.29. The zero-order valence-corrected chi connectivity index (χ0v) is 13.0. The van der Waals surface area contributed by atoms with Crippen LogP contribution >= 0.6 is 0 Å². The number of nitrogens with one attached hydrogen (secondary N) is 1. The third-order valence-electron chi connectivity index (χ3n) is 3.12. The molecule has 4 amide bonds. The van der Waals surface area contributed by atoms with Crippen LogP contribution in [0.2, 0.25) is 0 Å². The van der Waals surface area contributed by atoms with Gasteiger partial charge in [0.15, 0.2) is 0 Å². The fraction of sp³-hybridized carbons (Fsp3) is 0.133. The second-order valence-electron chi connectivity index (χ2n) is 4.73. The fourth-order valence-corrected chi connectivity index (χ4v) is 1.78. The lowest BCUT2D eigenvalue weighted by molar-refractivity contribution is -0.130. The highest BCUT2D eigenvalue weighted by Gasteiger charge is 2.39. The van der Waals surface area contributed by atoms with Gasteiger partial charge in [0.2, 0.25) is 5.71 Å². The van der Waals surface area contributed by atoms with E-state index >= 15 is 0 Å². The SMILES string of the molecule is C=CC(=O)Oc1ccc(NN=C2C(=O)N(C)C(=O)N(C)C2=O)cc1. The van der Waals surface area contributed by atoms with E-state index in [1.807, 2.05) is 0 Å². The van der Waals surface area contributed by atoms with Crippen molar-refractivity contribution in [3.63, 3.8) is 0 Å². The third-order valence-corrected chi connectivity index (χ3v) is 3.12. The summed E-state index contributed by atoms with van der Waals surface area (Å²) < 4.78 is 4.91. The number of hydrogen-bond acceptors (Lipinski definition) is 7. The Morgan fingerprint density at radius 2 is 1.67 bits per heavy atom. The topological polar surface area (TPSA) is 108 Å². The fourth-order valence-electron chi connectivity index (χ4n) is 1.78. The number of hydrazone groups is 1. The standard InChI is InChI=1S/C15H14N4O5/c1-4-11(20)24-10-7-5-9(6-8-10)16-17-12-13(21)18(2)15(23)19(3)14(12)22/h4-8,16H,1H2,2-3H3. The van der Waals surface area contributed by atoms with Crippen molar-refractivity contribution in [2.24, 2.45) is 5.10 Å². The predicted molar refractivity (Wildman–Crippen MR) is 84.3 cm³/mol. The number of carbonyl (C=O) groups excluding carboxylic acids is 4. The number of barbiturate groups is 1. The monoisotopic (exact) mass is 330 g/mol. The van der Waals surface area contributed by atoms with Crippen molar-refractivity contribution in [3.8, 4) is 5.75 Å². The van der Waals surface area contributed by atoms with Crippen LogP contribution in [0.15, 0.2) is 42.0 Å². The van der Waals surface area contributed by atoms with Crippen molar-refractivity contribution in [3.05, 3.63) is 36.9 Å². The molecule has 0 unspecified atom stereocenters. The van der Waals surface area contributed by atoms with Gasteiger partial charge < -0.3 is 4.74 Å². The summed E-state index contributed by atoms with van der Waals surface area (Å²) in [6.07, 6.45) is 1.03. The minimum atomic E-state index is -0.799. The van der Waals surface area contributed by atoms with Gasteiger partial charge in [0.1, 0.15) is 5.75 Å². The van der Waals surface area contributed by atoms with Gasteiger partial charge >= 0.3 is 12.0 Å². The smallest absolute Gasteiger partial charge is 0.335 e. The Hall–Kier alpha value is -3.49. The zero-order valence-electron chi connectivity index (χ0n) is 13.0. The summed E-state index contributed by atoms with van der Waals surface area (Å²) in [7, 11) is 2.51. The Kier molecular flexibility index (Phi) is 4.73. The van der Waals surface area contributed by atoms with E-state index in [9.17, 15) is 19.2 Å². The van der Waals surface area contributed by atoms with E-state index in [-0.39, 0.29) is 0 Å². The van der Waals surface area contributed by atoms with Crippen LogP contribution in [0.1, 0.15) is 0 Å². The van der Waals surface area contributed by atoms with Crippen molar-refractivity contribution in [2.75, 3.05) is 19.5 Å². The van der Waals surface area contributed by atoms with Gasteiger partial charge in [-0.3, -0.25) is 24.8 Å². The van der Waals surface area contributed by atoms with Gasteiger partial charge in [-0.25, -0.2) is 9.59 Å². The molecule has 9 heteroatoms. The lowest BCUT2D eigenvalue weighted by Crippen LogP contribution is -2.57. The molecule has 0 aromatic heterocycles. The Labute approximate surface area is 137 Å². The van der Waals surface area contributed by atoms with Gasteiger partial charge in [0, 0.05) is 20.2 Å². The second kappa shape index (κ2) is 6.73. The van der Waals surface area contributed by atoms with E-state index in [2.05, 4.69) is 17.1 Å². The Morgan fingerprint density at radius 1 is 1.12 bits per heavy atom. The van der Waals surface area contributed by atoms with E-state index in [1.54, 1.807) is 0 Å². The lowest BCUT2D eigenvalue weighted by Gasteiger charge is -2.27. The highest BCUT2D eigenvalue weighted by atomic mass is 16.5. The number of hydrogen-bond donors (Lipinski definition) is 1. The highest BCUT2D eigenvalue weighted by Crippen LogP contribution is 2.16. The van der Waals surface area contributed by atoms with Crippen LogP contribution < -0.4 is 10.2 Å². The normalized spacial score (nSPS) is 14.6. The molecule has 1 fully saturated rings. The minimum absolute atomic E-state index is 0.299. The maximum atomic E-state index is 11.9. The first kappa shape index (κ1) is 16.9. The summed E-state index contributed by atoms with van der Waals surface area (Å²) in [5.41, 5.74) is 2.58. The molecule has 0 bridgehead atoms. The van der Waals surface area contributed by atoms with Crippen LogP contribution in [0.3, 0.4) is 0 Å². The van der Waals surface area contributed by atoms with Crippen LogP contribution in [0.4, 0.5) is 10.5 Å². The van der Waals surface area contributed by atoms with Crippen LogP contribution in [-0.4, -0.2) is 53.4 Å². The number of rotatable bonds is 4. The summed E-state index contributed by atoms with van der Waals surface area (Å²) in [6, 6.07) is 5.34. The second-order valence-corrected chi connectivity index (χ2v) is 4.73. The molecule has 124 valence electrons. The van der Waals surface area contributed by atoms with E-state index in [0.717, 1.165) is 15.9 Å². The molecule has 1 aromatic rings. The molecule has 9 nitrogen and oxygen atoms in total. The number of carbonyl (C=O) groups is 4. The first-order valence-corrected chi connectivity index (χ1v) is 6.73. The molecule has 2 rings (SSSR count). The lowest BCUT2D eigenvalue weighted by atomic mass is 10.2. The van der Waals surface area contributed by atoms with Gasteiger partial charge in [-0.15, -0.1) is 0 Å². The number of urea groups is 1. The van der Waals surface area contributed by atoms with Gasteiger partial charge in [-0.2, -0.15) is 5.10 Å². The van der Waals surface area contributed by atoms with E-state index in [4.69, 9.17) is 4.74 Å². The molecule has 1 aromatic carbocycles. The molecule has 0 spiro atoms. The Balaban J connectivity index is 2.13. The van der Waals surface area contributed by atoms with Gasteiger partial charge in [-0.05, 0) is 24.3 Å². The minimum Gasteiger partial charge on any atom is -0.423 e. The van der Waals surface area contributed by atoms with Gasteiger partial charge in [-0.1, -0.05) is 6.58 Å². The largest absolute Gasteiger partial charge is 0.423 e. The first-order valence-electron chi connectivity index (χ1n) is 6.73. The van der Waals surface area contributed by atoms with E-state index in [0.29, 0.717) is 11.4 Å². The van der Waals surface area contributed by atoms with E-state index < -0.39 is 29.5 Å². The number of esters is 1. The first-order chi connectivity index (χ1) is 11.3. The van der Waals surface area contributed by atoms with Crippen LogP contribution in [0, 0.1) is 0 Å². The molecule has 0 radical (unpaired) electrons. The molecule has 0 saturated carbocycles. The number of nitrogens with zero attached hydrogens (tertiary/aromatic N) is 3. The number of ether oxygens (including phenoxy) is 1. The molecule has 1 N–H and O–H groups in total. The molecule has 24 heavy (non-hydrogen) atoms. The van der Waals surface area contributed by atoms with Crippen molar-refractivity contribution in [1.82, 2.24) is 9.80 Å². The van der Waals surface area contributed by atoms with Gasteiger partial charge in [0.05, 0.1) is 5.69 Å². The summed E-state index contributed by atoms with van der Waals surface area (Å²) in [5.74, 6) is -1.89. The number of anilines is 1. The molecule has 1 saturated heterocycles. The highest BCUT2D eigenvalue weighted by molar-refractivity contribution is 6.68. The quantitative estimate of drug-likeness (QED) is 0.375. The van der Waals surface area contributed by atoms with Gasteiger partial charge in [0.25, 0.3) is 11.8 Å². The third kappa shape index (κ3) is 3.29. The molecule has 1 heterocycles. The van der Waals surface area contributed by atoms with Crippen LogP contribution in [0.5, 0.6) is 5.75 Å². The van der Waals surface area contributed by atoms with Crippen LogP contribution in [0.25, 0.3) is 0 Å². The summed E-state index contributed by atoms with van der Waals surface area (Å²) in [5, 5.41) is 3.77. The molecular formula is C15H14N4O5. The van der Waals surface area contributed by atoms with Crippen LogP contribution in [-0.2, 0) is 14.4 Å². The van der Waals surface area contributed by atoms with Crippen molar-refractivity contribution in [1.29, 1.82) is 0 Å². The average molecular weight is 330 g/mol. The van der Waals surface area contributed by atoms with Crippen molar-refractivity contribution >= 4 is 35.2 Å². The summed E-state index contributed by atoms with van der Waals surface area (Å²) >= 11 is 0. The average Bonchev–Trinajstić information content (AvgIpc) is 2.59. The predicted octanol–water partition coefficient (Wildman–Crippen LogP) is 0.596. The molecular weight excluding hydrogens is 316 g/mol. The van der Waals surface area contributed by atoms with E-state index in [1.165, 1.54) is 38.4 Å². The molecule has 0 aliphatic carbocycles. The Bertz CT molecular complexity index is 728. The number of benzene rings is 1. The maximum absolute atomic E-state index is 11.9. The van der Waals surface area contributed by atoms with Crippen molar-refractivity contribution < 1.29 is 23.9 Å². The molecule has 1 aliphatic heterocycles. The summed E-state index contributed by atoms with van der Waals surface area (Å²) in [4.78, 5) is 48.1. The zero-order chi connectivity index (χ0) is 17.9. The van der Waals surface area contributed by atoms with Crippen molar-refractivity contribution in [2.45, 2.75) is 0 Å². The molecule has 1 aliphatic rings.